The minimum atomic E-state index is -0.295. The van der Waals surface area contributed by atoms with Crippen molar-refractivity contribution in [2.24, 2.45) is 0 Å². The monoisotopic (exact) mass is 187 g/mol. The Hall–Kier alpha value is -1.06. The third-order valence-electron chi connectivity index (χ3n) is 1.66. The Balaban J connectivity index is 3.73. The highest BCUT2D eigenvalue weighted by molar-refractivity contribution is 5.67. The Morgan fingerprint density at radius 3 is 2.62 bits per heavy atom. The van der Waals surface area contributed by atoms with Crippen molar-refractivity contribution in [2.75, 3.05) is 19.7 Å². The number of carbonyl (C=O) groups is 2. The first kappa shape index (κ1) is 11.9. The summed E-state index contributed by atoms with van der Waals surface area (Å²) in [6.45, 7) is 5.27. The summed E-state index contributed by atoms with van der Waals surface area (Å²) in [5.74, 6) is 0. The third-order valence-corrected chi connectivity index (χ3v) is 1.66. The van der Waals surface area contributed by atoms with Crippen molar-refractivity contribution in [2.45, 2.75) is 26.7 Å². The van der Waals surface area contributed by atoms with Gasteiger partial charge in [-0.15, -0.1) is 0 Å². The van der Waals surface area contributed by atoms with Crippen molar-refractivity contribution < 1.29 is 14.3 Å². The average molecular weight is 187 g/mol. The van der Waals surface area contributed by atoms with Crippen LogP contribution in [0.15, 0.2) is 0 Å². The zero-order chi connectivity index (χ0) is 10.1. The molecule has 0 aliphatic heterocycles. The normalized spacial score (nSPS) is 9.38. The van der Waals surface area contributed by atoms with Crippen molar-refractivity contribution in [1.82, 2.24) is 4.90 Å². The van der Waals surface area contributed by atoms with Gasteiger partial charge in [0.05, 0.1) is 6.61 Å². The maximum Gasteiger partial charge on any atom is 0.409 e. The molecule has 0 aromatic heterocycles. The lowest BCUT2D eigenvalue weighted by Crippen LogP contribution is -2.32. The number of nitrogens with zero attached hydrogens (tertiary/aromatic N) is 1. The summed E-state index contributed by atoms with van der Waals surface area (Å²) in [5.41, 5.74) is 0. The second-order valence-corrected chi connectivity index (χ2v) is 2.59. The first-order valence-electron chi connectivity index (χ1n) is 4.61. The van der Waals surface area contributed by atoms with Crippen LogP contribution in [0, 0.1) is 0 Å². The summed E-state index contributed by atoms with van der Waals surface area (Å²) in [4.78, 5) is 22.8. The molecule has 0 aliphatic rings. The standard InChI is InChI=1S/C9H17NO3/c1-3-10(7-5-6-8-11)9(12)13-4-2/h8H,3-7H2,1-2H3. The summed E-state index contributed by atoms with van der Waals surface area (Å²) in [5, 5.41) is 0. The van der Waals surface area contributed by atoms with E-state index in [0.29, 0.717) is 32.5 Å². The van der Waals surface area contributed by atoms with E-state index < -0.39 is 0 Å². The number of rotatable bonds is 6. The molecule has 0 bridgehead atoms. The van der Waals surface area contributed by atoms with Crippen molar-refractivity contribution >= 4 is 12.4 Å². The van der Waals surface area contributed by atoms with E-state index in [1.165, 1.54) is 0 Å². The van der Waals surface area contributed by atoms with Crippen molar-refractivity contribution in [3.63, 3.8) is 0 Å². The molecule has 0 spiro atoms. The van der Waals surface area contributed by atoms with Crippen LogP contribution in [0.5, 0.6) is 0 Å². The number of amides is 1. The second kappa shape index (κ2) is 7.58. The van der Waals surface area contributed by atoms with Crippen LogP contribution in [0.2, 0.25) is 0 Å². The van der Waals surface area contributed by atoms with Gasteiger partial charge in [-0.1, -0.05) is 0 Å². The minimum Gasteiger partial charge on any atom is -0.450 e. The number of hydrogen-bond donors (Lipinski definition) is 0. The smallest absolute Gasteiger partial charge is 0.409 e. The molecule has 0 N–H and O–H groups in total. The van der Waals surface area contributed by atoms with Gasteiger partial charge in [-0.05, 0) is 20.3 Å². The zero-order valence-corrected chi connectivity index (χ0v) is 8.28. The number of ether oxygens (including phenoxy) is 1. The summed E-state index contributed by atoms with van der Waals surface area (Å²) in [6.07, 6.45) is 1.77. The van der Waals surface area contributed by atoms with E-state index in [2.05, 4.69) is 0 Å². The molecular weight excluding hydrogens is 170 g/mol. The predicted octanol–water partition coefficient (Wildman–Crippen LogP) is 1.44. The van der Waals surface area contributed by atoms with E-state index in [0.717, 1.165) is 6.29 Å². The number of aldehydes is 1. The van der Waals surface area contributed by atoms with Crippen molar-refractivity contribution in [1.29, 1.82) is 0 Å². The molecule has 0 rings (SSSR count). The highest BCUT2D eigenvalue weighted by Gasteiger charge is 2.10. The summed E-state index contributed by atoms with van der Waals surface area (Å²) >= 11 is 0. The van der Waals surface area contributed by atoms with Gasteiger partial charge in [0.25, 0.3) is 0 Å². The van der Waals surface area contributed by atoms with Gasteiger partial charge in [0.2, 0.25) is 0 Å². The van der Waals surface area contributed by atoms with Gasteiger partial charge in [0.15, 0.2) is 0 Å². The van der Waals surface area contributed by atoms with Crippen LogP contribution < -0.4 is 0 Å². The van der Waals surface area contributed by atoms with Gasteiger partial charge in [0.1, 0.15) is 6.29 Å². The highest BCUT2D eigenvalue weighted by atomic mass is 16.6. The first-order chi connectivity index (χ1) is 6.26. The molecule has 0 saturated carbocycles. The van der Waals surface area contributed by atoms with Crippen molar-refractivity contribution in [3.8, 4) is 0 Å². The van der Waals surface area contributed by atoms with Crippen LogP contribution in [0.1, 0.15) is 26.7 Å². The Bertz CT molecular complexity index is 159. The molecule has 0 saturated heterocycles. The van der Waals surface area contributed by atoms with E-state index in [1.54, 1.807) is 11.8 Å². The second-order valence-electron chi connectivity index (χ2n) is 2.59. The lowest BCUT2D eigenvalue weighted by Gasteiger charge is -2.19. The van der Waals surface area contributed by atoms with E-state index in [4.69, 9.17) is 4.74 Å². The van der Waals surface area contributed by atoms with Crippen LogP contribution in [0.25, 0.3) is 0 Å². The Morgan fingerprint density at radius 1 is 1.46 bits per heavy atom. The van der Waals surface area contributed by atoms with Gasteiger partial charge in [-0.3, -0.25) is 0 Å². The maximum atomic E-state index is 11.2. The van der Waals surface area contributed by atoms with Crippen molar-refractivity contribution in [3.05, 3.63) is 0 Å². The molecule has 4 heteroatoms. The molecule has 0 fully saturated rings. The number of carbonyl (C=O) groups excluding carboxylic acids is 2. The fourth-order valence-electron chi connectivity index (χ4n) is 0.959. The van der Waals surface area contributed by atoms with Crippen LogP contribution in [0.4, 0.5) is 4.79 Å². The van der Waals surface area contributed by atoms with Crippen LogP contribution in [-0.2, 0) is 9.53 Å². The Kier molecular flexibility index (Phi) is 6.96. The summed E-state index contributed by atoms with van der Waals surface area (Å²) < 4.78 is 4.82. The predicted molar refractivity (Wildman–Crippen MR) is 49.6 cm³/mol. The molecule has 4 nitrogen and oxygen atoms in total. The van der Waals surface area contributed by atoms with Gasteiger partial charge in [-0.2, -0.15) is 0 Å². The maximum absolute atomic E-state index is 11.2. The largest absolute Gasteiger partial charge is 0.450 e. The van der Waals surface area contributed by atoms with E-state index >= 15 is 0 Å². The molecule has 0 unspecified atom stereocenters. The van der Waals surface area contributed by atoms with Gasteiger partial charge >= 0.3 is 6.09 Å². The number of unbranched alkanes of at least 4 members (excludes halogenated alkanes) is 1. The average Bonchev–Trinajstić information content (AvgIpc) is 2.13. The first-order valence-corrected chi connectivity index (χ1v) is 4.61. The fraction of sp³-hybridized carbons (Fsp3) is 0.778. The van der Waals surface area contributed by atoms with E-state index in [-0.39, 0.29) is 6.09 Å². The molecule has 0 atom stereocenters. The van der Waals surface area contributed by atoms with Gasteiger partial charge in [0, 0.05) is 19.5 Å². The topological polar surface area (TPSA) is 46.6 Å². The zero-order valence-electron chi connectivity index (χ0n) is 8.28. The van der Waals surface area contributed by atoms with Crippen LogP contribution >= 0.6 is 0 Å². The molecule has 13 heavy (non-hydrogen) atoms. The Morgan fingerprint density at radius 2 is 2.15 bits per heavy atom. The molecule has 0 aliphatic carbocycles. The summed E-state index contributed by atoms with van der Waals surface area (Å²) in [6, 6.07) is 0. The molecule has 0 heterocycles. The number of hydrogen-bond acceptors (Lipinski definition) is 3. The van der Waals surface area contributed by atoms with Gasteiger partial charge < -0.3 is 14.4 Å². The molecular formula is C9H17NO3. The SMILES string of the molecule is CCOC(=O)N(CC)CCCC=O. The minimum absolute atomic E-state index is 0.295. The molecule has 0 radical (unpaired) electrons. The molecule has 0 aromatic carbocycles. The lowest BCUT2D eigenvalue weighted by atomic mass is 10.3. The Labute approximate surface area is 78.9 Å². The summed E-state index contributed by atoms with van der Waals surface area (Å²) in [7, 11) is 0. The molecule has 0 aromatic rings. The molecule has 76 valence electrons. The quantitative estimate of drug-likeness (QED) is 0.467. The van der Waals surface area contributed by atoms with Crippen LogP contribution in [0.3, 0.4) is 0 Å². The lowest BCUT2D eigenvalue weighted by molar-refractivity contribution is -0.108. The molecule has 1 amide bonds. The fourth-order valence-corrected chi connectivity index (χ4v) is 0.959. The van der Waals surface area contributed by atoms with E-state index in [1.807, 2.05) is 6.92 Å². The van der Waals surface area contributed by atoms with Gasteiger partial charge in [-0.25, -0.2) is 4.79 Å². The highest BCUT2D eigenvalue weighted by Crippen LogP contribution is 1.97. The van der Waals surface area contributed by atoms with E-state index in [9.17, 15) is 9.59 Å². The third kappa shape index (κ3) is 5.22. The van der Waals surface area contributed by atoms with Crippen LogP contribution in [-0.4, -0.2) is 37.0 Å².